The largest absolute Gasteiger partial charge is 0.481 e. The SMILES string of the molecule is CCCCC=CCCCCCCCC(=O)O.[Ni]. The van der Waals surface area contributed by atoms with Crippen LogP contribution in [0, 0.1) is 0 Å². The Bertz CT molecular complexity index is 191. The quantitative estimate of drug-likeness (QED) is 0.343. The van der Waals surface area contributed by atoms with E-state index in [9.17, 15) is 4.79 Å². The normalized spacial score (nSPS) is 10.4. The molecule has 0 saturated heterocycles. The molecule has 0 heterocycles. The number of allylic oxidation sites excluding steroid dienone is 2. The molecule has 0 rings (SSSR count). The molecule has 2 nitrogen and oxygen atoms in total. The maximum Gasteiger partial charge on any atom is 0.303 e. The summed E-state index contributed by atoms with van der Waals surface area (Å²) < 4.78 is 0. The molecule has 0 unspecified atom stereocenters. The van der Waals surface area contributed by atoms with Crippen molar-refractivity contribution in [2.24, 2.45) is 0 Å². The van der Waals surface area contributed by atoms with E-state index in [-0.39, 0.29) is 16.5 Å². The number of unbranched alkanes of at least 4 members (excludes halogenated alkanes) is 7. The van der Waals surface area contributed by atoms with Crippen molar-refractivity contribution >= 4 is 5.97 Å². The van der Waals surface area contributed by atoms with Crippen molar-refractivity contribution in [2.45, 2.75) is 71.1 Å². The van der Waals surface area contributed by atoms with Gasteiger partial charge in [0.05, 0.1) is 0 Å². The molecule has 0 aromatic rings. The van der Waals surface area contributed by atoms with E-state index in [1.807, 2.05) is 0 Å². The molecule has 17 heavy (non-hydrogen) atoms. The first kappa shape index (κ1) is 19.1. The number of rotatable bonds is 11. The van der Waals surface area contributed by atoms with Crippen LogP contribution in [-0.2, 0) is 21.3 Å². The molecule has 0 atom stereocenters. The molecule has 0 amide bonds. The molecule has 3 heteroatoms. The van der Waals surface area contributed by atoms with Gasteiger partial charge in [-0.3, -0.25) is 4.79 Å². The third kappa shape index (κ3) is 18.3. The maximum atomic E-state index is 10.3. The first-order valence-corrected chi connectivity index (χ1v) is 6.64. The van der Waals surface area contributed by atoms with Gasteiger partial charge in [0.2, 0.25) is 0 Å². The molecule has 0 aromatic carbocycles. The van der Waals surface area contributed by atoms with Crippen molar-refractivity contribution < 1.29 is 26.4 Å². The van der Waals surface area contributed by atoms with Gasteiger partial charge in [-0.1, -0.05) is 51.2 Å². The molecule has 0 saturated carbocycles. The zero-order valence-electron chi connectivity index (χ0n) is 10.9. The number of carboxylic acid groups (broad SMARTS) is 1. The minimum absolute atomic E-state index is 0. The summed E-state index contributed by atoms with van der Waals surface area (Å²) in [6.45, 7) is 2.21. The van der Waals surface area contributed by atoms with E-state index in [0.29, 0.717) is 6.42 Å². The Morgan fingerprint density at radius 2 is 1.47 bits per heavy atom. The van der Waals surface area contributed by atoms with Gasteiger partial charge in [0.25, 0.3) is 0 Å². The number of hydrogen-bond acceptors (Lipinski definition) is 1. The van der Waals surface area contributed by atoms with Crippen molar-refractivity contribution in [2.75, 3.05) is 0 Å². The van der Waals surface area contributed by atoms with Crippen molar-refractivity contribution in [3.63, 3.8) is 0 Å². The molecule has 104 valence electrons. The van der Waals surface area contributed by atoms with Gasteiger partial charge < -0.3 is 5.11 Å². The van der Waals surface area contributed by atoms with Crippen LogP contribution in [0.3, 0.4) is 0 Å². The Balaban J connectivity index is 0. The molecule has 1 N–H and O–H groups in total. The second kappa shape index (κ2) is 15.7. The van der Waals surface area contributed by atoms with E-state index in [2.05, 4.69) is 19.1 Å². The summed E-state index contributed by atoms with van der Waals surface area (Å²) in [4.78, 5) is 10.3. The monoisotopic (exact) mass is 284 g/mol. The summed E-state index contributed by atoms with van der Waals surface area (Å²) >= 11 is 0. The van der Waals surface area contributed by atoms with Gasteiger partial charge in [-0.05, 0) is 25.7 Å². The topological polar surface area (TPSA) is 37.3 Å². The second-order valence-electron chi connectivity index (χ2n) is 4.31. The Morgan fingerprint density at radius 3 is 2.06 bits per heavy atom. The third-order valence-electron chi connectivity index (χ3n) is 2.65. The Hall–Kier alpha value is -0.296. The molecule has 0 aromatic heterocycles. The van der Waals surface area contributed by atoms with E-state index >= 15 is 0 Å². The summed E-state index contributed by atoms with van der Waals surface area (Å²) in [5.74, 6) is -0.668. The van der Waals surface area contributed by atoms with Crippen LogP contribution >= 0.6 is 0 Å². The first-order chi connectivity index (χ1) is 7.77. The number of aliphatic carboxylic acids is 1. The van der Waals surface area contributed by atoms with Crippen LogP contribution in [0.5, 0.6) is 0 Å². The number of carboxylic acids is 1. The fourth-order valence-corrected chi connectivity index (χ4v) is 1.63. The Labute approximate surface area is 116 Å². The predicted molar refractivity (Wildman–Crippen MR) is 68.6 cm³/mol. The van der Waals surface area contributed by atoms with Gasteiger partial charge in [0.15, 0.2) is 0 Å². The number of hydrogen-bond donors (Lipinski definition) is 1. The van der Waals surface area contributed by atoms with E-state index in [1.165, 1.54) is 44.9 Å². The Kier molecular flexibility index (Phi) is 17.6. The van der Waals surface area contributed by atoms with Crippen LogP contribution in [0.1, 0.15) is 71.1 Å². The predicted octanol–water partition coefficient (Wildman–Crippen LogP) is 4.55. The summed E-state index contributed by atoms with van der Waals surface area (Å²) in [6, 6.07) is 0. The minimum Gasteiger partial charge on any atom is -0.481 e. The molecule has 0 fully saturated rings. The molecule has 0 radical (unpaired) electrons. The molecular formula is C14H26NiO2. The van der Waals surface area contributed by atoms with Gasteiger partial charge in [-0.25, -0.2) is 0 Å². The van der Waals surface area contributed by atoms with E-state index < -0.39 is 5.97 Å². The average molecular weight is 285 g/mol. The standard InChI is InChI=1S/C14H26O2.Ni/c1-2-3-4-5-6-7-8-9-10-11-12-13-14(15)16;/h5-6H,2-4,7-13H2,1H3,(H,15,16);. The minimum atomic E-state index is -0.668. The second-order valence-corrected chi connectivity index (χ2v) is 4.31. The van der Waals surface area contributed by atoms with Crippen LogP contribution in [0.25, 0.3) is 0 Å². The fourth-order valence-electron chi connectivity index (χ4n) is 1.63. The summed E-state index contributed by atoms with van der Waals surface area (Å²) in [7, 11) is 0. The van der Waals surface area contributed by atoms with Crippen LogP contribution in [0.4, 0.5) is 0 Å². The van der Waals surface area contributed by atoms with Crippen molar-refractivity contribution in [1.82, 2.24) is 0 Å². The molecule has 0 bridgehead atoms. The van der Waals surface area contributed by atoms with Crippen LogP contribution < -0.4 is 0 Å². The van der Waals surface area contributed by atoms with Gasteiger partial charge in [0, 0.05) is 22.9 Å². The van der Waals surface area contributed by atoms with Crippen molar-refractivity contribution in [3.05, 3.63) is 12.2 Å². The van der Waals surface area contributed by atoms with Gasteiger partial charge in [-0.2, -0.15) is 0 Å². The van der Waals surface area contributed by atoms with Gasteiger partial charge in [0.1, 0.15) is 0 Å². The van der Waals surface area contributed by atoms with Crippen LogP contribution in [0.2, 0.25) is 0 Å². The van der Waals surface area contributed by atoms with Gasteiger partial charge in [-0.15, -0.1) is 0 Å². The van der Waals surface area contributed by atoms with E-state index in [4.69, 9.17) is 5.11 Å². The molecular weight excluding hydrogens is 259 g/mol. The molecule has 0 aliphatic carbocycles. The first-order valence-electron chi connectivity index (χ1n) is 6.64. The van der Waals surface area contributed by atoms with Crippen LogP contribution in [-0.4, -0.2) is 11.1 Å². The summed E-state index contributed by atoms with van der Waals surface area (Å²) in [6.07, 6.45) is 15.4. The molecule has 0 aliphatic rings. The van der Waals surface area contributed by atoms with E-state index in [0.717, 1.165) is 12.8 Å². The molecule has 0 spiro atoms. The molecule has 0 aliphatic heterocycles. The number of carbonyl (C=O) groups is 1. The van der Waals surface area contributed by atoms with E-state index in [1.54, 1.807) is 0 Å². The third-order valence-corrected chi connectivity index (χ3v) is 2.65. The van der Waals surface area contributed by atoms with Crippen molar-refractivity contribution in [3.8, 4) is 0 Å². The maximum absolute atomic E-state index is 10.3. The average Bonchev–Trinajstić information content (AvgIpc) is 2.25. The summed E-state index contributed by atoms with van der Waals surface area (Å²) in [5, 5.41) is 8.45. The zero-order chi connectivity index (χ0) is 12.1. The summed E-state index contributed by atoms with van der Waals surface area (Å²) in [5.41, 5.74) is 0. The Morgan fingerprint density at radius 1 is 0.941 bits per heavy atom. The smallest absolute Gasteiger partial charge is 0.303 e. The fraction of sp³-hybridized carbons (Fsp3) is 0.786. The van der Waals surface area contributed by atoms with Gasteiger partial charge >= 0.3 is 5.97 Å². The van der Waals surface area contributed by atoms with Crippen molar-refractivity contribution in [1.29, 1.82) is 0 Å². The zero-order valence-corrected chi connectivity index (χ0v) is 11.9. The van der Waals surface area contributed by atoms with Crippen LogP contribution in [0.15, 0.2) is 12.2 Å².